The Labute approximate surface area is 87.1 Å². The molecule has 0 amide bonds. The molecule has 0 atom stereocenters. The van der Waals surface area contributed by atoms with Gasteiger partial charge >= 0.3 is 58.2 Å². The summed E-state index contributed by atoms with van der Waals surface area (Å²) in [5.41, 5.74) is 0. The molecule has 26 valence electrons. The number of rotatable bonds is 0. The number of hydrogen-bond acceptors (Lipinski definition) is 0. The van der Waals surface area contributed by atoms with E-state index in [2.05, 4.69) is 12.2 Å². The van der Waals surface area contributed by atoms with Crippen LogP contribution in [0.4, 0.5) is 0 Å². The van der Waals surface area contributed by atoms with Crippen LogP contribution in [-0.2, 0) is 0 Å². The molecule has 0 spiro atoms. The molecule has 1 aliphatic rings. The molecule has 1 heteroatoms. The Morgan fingerprint density at radius 3 is 2.50 bits per heavy atom. The van der Waals surface area contributed by atoms with Crippen molar-refractivity contribution < 1.29 is 58.2 Å². The average Bonchev–Trinajstić information content (AvgIpc) is 1.76. The van der Waals surface area contributed by atoms with E-state index < -0.39 is 0 Å². The van der Waals surface area contributed by atoms with Crippen LogP contribution in [0, 0.1) is 6.08 Å². The topological polar surface area (TPSA) is 0 Å². The molecule has 6 heavy (non-hydrogen) atoms. The van der Waals surface area contributed by atoms with Crippen molar-refractivity contribution in [1.29, 1.82) is 0 Å². The van der Waals surface area contributed by atoms with Crippen LogP contribution < -0.4 is 58.2 Å². The molecule has 0 aromatic heterocycles. The van der Waals surface area contributed by atoms with E-state index in [1.54, 1.807) is 0 Å². The van der Waals surface area contributed by atoms with E-state index in [4.69, 9.17) is 0 Å². The molecule has 0 radical (unpaired) electrons. The average molecular weight is 151 g/mol. The summed E-state index contributed by atoms with van der Waals surface area (Å²) in [6.45, 7) is 0. The van der Waals surface area contributed by atoms with Gasteiger partial charge in [-0.3, -0.25) is 6.08 Å². The summed E-state index contributed by atoms with van der Waals surface area (Å²) in [6, 6.07) is 0. The summed E-state index contributed by atoms with van der Waals surface area (Å²) in [7, 11) is 0. The van der Waals surface area contributed by atoms with Gasteiger partial charge < -0.3 is 0 Å². The van der Waals surface area contributed by atoms with Crippen molar-refractivity contribution in [2.45, 2.75) is 6.42 Å². The first-order chi connectivity index (χ1) is 2.50. The van der Waals surface area contributed by atoms with Crippen molar-refractivity contribution in [2.75, 3.05) is 0 Å². The van der Waals surface area contributed by atoms with Gasteiger partial charge in [0.15, 0.2) is 0 Å². The Morgan fingerprint density at radius 1 is 1.50 bits per heavy atom. The summed E-state index contributed by atoms with van der Waals surface area (Å²) in [5, 5.41) is 0. The predicted molar refractivity (Wildman–Crippen MR) is 21.6 cm³/mol. The van der Waals surface area contributed by atoms with Crippen molar-refractivity contribution in [3.05, 3.63) is 24.3 Å². The van der Waals surface area contributed by atoms with E-state index in [1.807, 2.05) is 12.2 Å². The minimum absolute atomic E-state index is 0. The number of allylic oxidation sites excluding steroid dienone is 4. The van der Waals surface area contributed by atoms with E-state index in [0.29, 0.717) is 0 Å². The van der Waals surface area contributed by atoms with Gasteiger partial charge in [0.05, 0.1) is 0 Å². The van der Waals surface area contributed by atoms with Gasteiger partial charge in [0, 0.05) is 0 Å². The minimum atomic E-state index is 0. The van der Waals surface area contributed by atoms with Crippen LogP contribution in [0.2, 0.25) is 0 Å². The van der Waals surface area contributed by atoms with E-state index in [0.717, 1.165) is 6.42 Å². The third-order valence-electron chi connectivity index (χ3n) is 0.586. The molecule has 0 saturated carbocycles. The molecular formula is C5H5Rb. The van der Waals surface area contributed by atoms with Gasteiger partial charge in [0.2, 0.25) is 0 Å². The second-order valence-corrected chi connectivity index (χ2v) is 1.00. The van der Waals surface area contributed by atoms with Crippen molar-refractivity contribution >= 4 is 0 Å². The largest absolute Gasteiger partial charge is 1.00 e. The summed E-state index contributed by atoms with van der Waals surface area (Å²) in [4.78, 5) is 0. The fourth-order valence-electron chi connectivity index (χ4n) is 0.340. The monoisotopic (exact) mass is 150 g/mol. The second-order valence-electron chi connectivity index (χ2n) is 1.00. The quantitative estimate of drug-likeness (QED) is 0.362. The van der Waals surface area contributed by atoms with E-state index in [-0.39, 0.29) is 58.2 Å². The number of hydrogen-bond donors (Lipinski definition) is 0. The maximum absolute atomic E-state index is 2.99. The fourth-order valence-corrected chi connectivity index (χ4v) is 0.340. The molecule has 0 fully saturated rings. The second kappa shape index (κ2) is 4.44. The van der Waals surface area contributed by atoms with Crippen molar-refractivity contribution in [2.24, 2.45) is 0 Å². The van der Waals surface area contributed by atoms with Gasteiger partial charge in [-0.05, 0) is 0 Å². The van der Waals surface area contributed by atoms with Gasteiger partial charge in [0.25, 0.3) is 0 Å². The molecule has 1 rings (SSSR count). The van der Waals surface area contributed by atoms with Crippen molar-refractivity contribution in [3.63, 3.8) is 0 Å². The molecule has 0 N–H and O–H groups in total. The molecule has 0 unspecified atom stereocenters. The van der Waals surface area contributed by atoms with Crippen LogP contribution in [0.3, 0.4) is 0 Å². The van der Waals surface area contributed by atoms with Crippen LogP contribution in [0.25, 0.3) is 0 Å². The Balaban J connectivity index is 0.000000250. The molecule has 0 nitrogen and oxygen atoms in total. The summed E-state index contributed by atoms with van der Waals surface area (Å²) in [6.07, 6.45) is 10.0. The standard InChI is InChI=1S/C5H5.Rb/c1-2-4-5-3-1;/h1-3H,4H2;/q-1;+1. The minimum Gasteiger partial charge on any atom is -0.273 e. The van der Waals surface area contributed by atoms with Gasteiger partial charge in [0.1, 0.15) is 0 Å². The van der Waals surface area contributed by atoms with Crippen LogP contribution in [0.1, 0.15) is 6.42 Å². The van der Waals surface area contributed by atoms with E-state index in [1.165, 1.54) is 0 Å². The third kappa shape index (κ3) is 2.46. The molecule has 0 aliphatic heterocycles. The zero-order chi connectivity index (χ0) is 3.54. The Kier molecular flexibility index (Phi) is 5.40. The SMILES string of the molecule is [C-]1=CC=CC1.[Rb+]. The van der Waals surface area contributed by atoms with Crippen LogP contribution in [0.5, 0.6) is 0 Å². The van der Waals surface area contributed by atoms with Gasteiger partial charge in [-0.25, -0.2) is 12.2 Å². The molecule has 0 heterocycles. The predicted octanol–water partition coefficient (Wildman–Crippen LogP) is -1.69. The zero-order valence-corrected chi connectivity index (χ0v) is 8.86. The maximum Gasteiger partial charge on any atom is 1.00 e. The van der Waals surface area contributed by atoms with Crippen LogP contribution in [0.15, 0.2) is 18.2 Å². The summed E-state index contributed by atoms with van der Waals surface area (Å²) >= 11 is 0. The van der Waals surface area contributed by atoms with Crippen LogP contribution >= 0.6 is 0 Å². The van der Waals surface area contributed by atoms with E-state index in [9.17, 15) is 0 Å². The first-order valence-electron chi connectivity index (χ1n) is 1.72. The molecule has 0 saturated heterocycles. The Bertz CT molecular complexity index is 62.0. The van der Waals surface area contributed by atoms with Gasteiger partial charge in [-0.1, -0.05) is 0 Å². The molecule has 1 aliphatic carbocycles. The summed E-state index contributed by atoms with van der Waals surface area (Å²) in [5.74, 6) is 0. The van der Waals surface area contributed by atoms with Crippen molar-refractivity contribution in [3.8, 4) is 0 Å². The molecule has 0 aromatic rings. The van der Waals surface area contributed by atoms with E-state index >= 15 is 0 Å². The van der Waals surface area contributed by atoms with Gasteiger partial charge in [-0.2, -0.15) is 6.08 Å². The zero-order valence-electron chi connectivity index (χ0n) is 3.94. The van der Waals surface area contributed by atoms with Crippen LogP contribution in [-0.4, -0.2) is 0 Å². The smallest absolute Gasteiger partial charge is 0.273 e. The molecule has 0 bridgehead atoms. The first kappa shape index (κ1) is 7.29. The van der Waals surface area contributed by atoms with Gasteiger partial charge in [-0.15, -0.1) is 6.42 Å². The first-order valence-corrected chi connectivity index (χ1v) is 1.72. The fraction of sp³-hybridized carbons (Fsp3) is 0.200. The Hall–Kier alpha value is 1.29. The third-order valence-corrected chi connectivity index (χ3v) is 0.586. The maximum atomic E-state index is 2.99. The summed E-state index contributed by atoms with van der Waals surface area (Å²) < 4.78 is 0. The normalized spacial score (nSPS) is 14.7. The molecular weight excluding hydrogens is 146 g/mol. The Morgan fingerprint density at radius 2 is 2.33 bits per heavy atom. The molecule has 0 aromatic carbocycles. The van der Waals surface area contributed by atoms with Crippen molar-refractivity contribution in [1.82, 2.24) is 0 Å².